The third-order valence-corrected chi connectivity index (χ3v) is 5.51. The lowest BCUT2D eigenvalue weighted by Crippen LogP contribution is -2.45. The maximum atomic E-state index is 12.7. The maximum absolute atomic E-state index is 12.7. The van der Waals surface area contributed by atoms with E-state index < -0.39 is 22.0 Å². The molecule has 1 unspecified atom stereocenters. The molecule has 1 atom stereocenters. The van der Waals surface area contributed by atoms with Crippen LogP contribution in [0.4, 0.5) is 11.4 Å². The minimum atomic E-state index is -3.79. The molecule has 0 fully saturated rings. The van der Waals surface area contributed by atoms with E-state index in [-0.39, 0.29) is 22.5 Å². The number of nitrogens with one attached hydrogen (secondary N) is 1. The first-order chi connectivity index (χ1) is 12.6. The molecule has 0 radical (unpaired) electrons. The summed E-state index contributed by atoms with van der Waals surface area (Å²) in [6, 6.07) is 8.18. The average molecular weight is 431 g/mol. The number of amides is 1. The minimum absolute atomic E-state index is 0.112. The molecule has 1 amide bonds. The molecule has 0 aliphatic carbocycles. The number of rotatable bonds is 5. The third-order valence-electron chi connectivity index (χ3n) is 3.83. The molecule has 0 saturated carbocycles. The van der Waals surface area contributed by atoms with Gasteiger partial charge in [-0.1, -0.05) is 23.2 Å². The zero-order chi connectivity index (χ0) is 19.8. The first-order valence-corrected chi connectivity index (χ1v) is 10.4. The molecule has 2 aromatic carbocycles. The van der Waals surface area contributed by atoms with Crippen molar-refractivity contribution in [3.63, 3.8) is 0 Å². The SMILES string of the molecule is CC(C(=O)Nc1ccc2c(c1)OCO2)N(c1cc(Cl)cc(Cl)c1)S(C)(=O)=O. The number of fused-ring (bicyclic) bond motifs is 1. The Balaban J connectivity index is 1.87. The standard InChI is InChI=1S/C17H16Cl2N2O5S/c1-10(17(22)20-13-3-4-15-16(8-13)26-9-25-15)21(27(2,23)24)14-6-11(18)5-12(19)7-14/h3-8,10H,9H2,1-2H3,(H,20,22). The molecule has 144 valence electrons. The molecule has 0 saturated heterocycles. The van der Waals surface area contributed by atoms with E-state index in [1.54, 1.807) is 18.2 Å². The molecule has 0 aromatic heterocycles. The van der Waals surface area contributed by atoms with Gasteiger partial charge in [0.05, 0.1) is 11.9 Å². The first-order valence-electron chi connectivity index (χ1n) is 7.81. The summed E-state index contributed by atoms with van der Waals surface area (Å²) in [6.07, 6.45) is 1.01. The lowest BCUT2D eigenvalue weighted by molar-refractivity contribution is -0.116. The van der Waals surface area contributed by atoms with E-state index in [1.165, 1.54) is 25.1 Å². The Labute approximate surface area is 166 Å². The normalized spacial score (nSPS) is 13.9. The van der Waals surface area contributed by atoms with Gasteiger partial charge in [-0.05, 0) is 37.3 Å². The second kappa shape index (κ2) is 7.46. The number of nitrogens with zero attached hydrogens (tertiary/aromatic N) is 1. The van der Waals surface area contributed by atoms with Crippen LogP contribution in [-0.4, -0.2) is 33.4 Å². The Morgan fingerprint density at radius 3 is 2.37 bits per heavy atom. The van der Waals surface area contributed by atoms with E-state index in [1.807, 2.05) is 0 Å². The fourth-order valence-electron chi connectivity index (χ4n) is 2.70. The Hall–Kier alpha value is -2.16. The van der Waals surface area contributed by atoms with Gasteiger partial charge in [0.25, 0.3) is 0 Å². The molecule has 27 heavy (non-hydrogen) atoms. The number of hydrogen-bond donors (Lipinski definition) is 1. The van der Waals surface area contributed by atoms with Crippen molar-refractivity contribution in [3.05, 3.63) is 46.4 Å². The van der Waals surface area contributed by atoms with Crippen molar-refractivity contribution in [3.8, 4) is 11.5 Å². The van der Waals surface area contributed by atoms with E-state index in [0.717, 1.165) is 10.6 Å². The van der Waals surface area contributed by atoms with E-state index in [2.05, 4.69) is 5.32 Å². The predicted molar refractivity (Wildman–Crippen MR) is 104 cm³/mol. The van der Waals surface area contributed by atoms with Gasteiger partial charge in [0.1, 0.15) is 6.04 Å². The van der Waals surface area contributed by atoms with Crippen LogP contribution in [-0.2, 0) is 14.8 Å². The highest BCUT2D eigenvalue weighted by atomic mass is 35.5. The lowest BCUT2D eigenvalue weighted by atomic mass is 10.2. The summed E-state index contributed by atoms with van der Waals surface area (Å²) in [6.45, 7) is 1.58. The van der Waals surface area contributed by atoms with Gasteiger partial charge in [0.15, 0.2) is 11.5 Å². The summed E-state index contributed by atoms with van der Waals surface area (Å²) in [5.41, 5.74) is 0.650. The Morgan fingerprint density at radius 2 is 1.74 bits per heavy atom. The molecule has 7 nitrogen and oxygen atoms in total. The zero-order valence-corrected chi connectivity index (χ0v) is 16.7. The summed E-state index contributed by atoms with van der Waals surface area (Å²) in [5, 5.41) is 3.19. The number of sulfonamides is 1. The van der Waals surface area contributed by atoms with Gasteiger partial charge in [-0.3, -0.25) is 9.10 Å². The van der Waals surface area contributed by atoms with Crippen LogP contribution in [0, 0.1) is 0 Å². The van der Waals surface area contributed by atoms with Crippen LogP contribution in [0.3, 0.4) is 0 Å². The van der Waals surface area contributed by atoms with Crippen LogP contribution < -0.4 is 19.1 Å². The summed E-state index contributed by atoms with van der Waals surface area (Å²) >= 11 is 12.0. The largest absolute Gasteiger partial charge is 0.454 e. The number of carbonyl (C=O) groups is 1. The number of hydrogen-bond acceptors (Lipinski definition) is 5. The van der Waals surface area contributed by atoms with Crippen LogP contribution in [0.1, 0.15) is 6.92 Å². The second-order valence-electron chi connectivity index (χ2n) is 5.92. The van der Waals surface area contributed by atoms with Crippen molar-refractivity contribution in [1.29, 1.82) is 0 Å². The van der Waals surface area contributed by atoms with Crippen molar-refractivity contribution in [2.45, 2.75) is 13.0 Å². The highest BCUT2D eigenvalue weighted by Gasteiger charge is 2.30. The van der Waals surface area contributed by atoms with Crippen LogP contribution in [0.25, 0.3) is 0 Å². The molecular weight excluding hydrogens is 415 g/mol. The monoisotopic (exact) mass is 430 g/mol. The van der Waals surface area contributed by atoms with Crippen molar-refractivity contribution < 1.29 is 22.7 Å². The molecule has 1 aliphatic rings. The van der Waals surface area contributed by atoms with Crippen molar-refractivity contribution >= 4 is 50.5 Å². The van der Waals surface area contributed by atoms with Gasteiger partial charge in [-0.25, -0.2) is 8.42 Å². The molecule has 0 bridgehead atoms. The number of anilines is 2. The maximum Gasteiger partial charge on any atom is 0.247 e. The van der Waals surface area contributed by atoms with Gasteiger partial charge >= 0.3 is 0 Å². The molecule has 1 heterocycles. The van der Waals surface area contributed by atoms with E-state index in [4.69, 9.17) is 32.7 Å². The average Bonchev–Trinajstić information content (AvgIpc) is 3.00. The second-order valence-corrected chi connectivity index (χ2v) is 8.65. The summed E-state index contributed by atoms with van der Waals surface area (Å²) in [4.78, 5) is 12.7. The van der Waals surface area contributed by atoms with Gasteiger partial charge in [-0.2, -0.15) is 0 Å². The Morgan fingerprint density at radius 1 is 1.11 bits per heavy atom. The van der Waals surface area contributed by atoms with Crippen LogP contribution in [0.5, 0.6) is 11.5 Å². The molecule has 0 spiro atoms. The quantitative estimate of drug-likeness (QED) is 0.783. The van der Waals surface area contributed by atoms with E-state index >= 15 is 0 Å². The lowest BCUT2D eigenvalue weighted by Gasteiger charge is -2.28. The van der Waals surface area contributed by atoms with Crippen LogP contribution >= 0.6 is 23.2 Å². The van der Waals surface area contributed by atoms with Gasteiger partial charge in [0, 0.05) is 21.8 Å². The molecule has 1 aliphatic heterocycles. The van der Waals surface area contributed by atoms with Crippen molar-refractivity contribution in [2.24, 2.45) is 0 Å². The summed E-state index contributed by atoms with van der Waals surface area (Å²) < 4.78 is 36.1. The van der Waals surface area contributed by atoms with Gasteiger partial charge < -0.3 is 14.8 Å². The first kappa shape index (κ1) is 19.6. The van der Waals surface area contributed by atoms with Crippen molar-refractivity contribution in [1.82, 2.24) is 0 Å². The van der Waals surface area contributed by atoms with E-state index in [9.17, 15) is 13.2 Å². The third kappa shape index (κ3) is 4.40. The fraction of sp³-hybridized carbons (Fsp3) is 0.235. The van der Waals surface area contributed by atoms with Crippen molar-refractivity contribution in [2.75, 3.05) is 22.7 Å². The molecule has 10 heteroatoms. The summed E-state index contributed by atoms with van der Waals surface area (Å²) in [7, 11) is -3.79. The Bertz CT molecular complexity index is 977. The molecule has 1 N–H and O–H groups in total. The van der Waals surface area contributed by atoms with E-state index in [0.29, 0.717) is 17.2 Å². The highest BCUT2D eigenvalue weighted by molar-refractivity contribution is 7.92. The topological polar surface area (TPSA) is 84.9 Å². The smallest absolute Gasteiger partial charge is 0.247 e. The Kier molecular flexibility index (Phi) is 5.41. The fourth-order valence-corrected chi connectivity index (χ4v) is 4.37. The molecular formula is C17H16Cl2N2O5S. The van der Waals surface area contributed by atoms with Gasteiger partial charge in [-0.15, -0.1) is 0 Å². The van der Waals surface area contributed by atoms with Crippen LogP contribution in [0.2, 0.25) is 10.0 Å². The number of carbonyl (C=O) groups excluding carboxylic acids is 1. The number of ether oxygens (including phenoxy) is 2. The van der Waals surface area contributed by atoms with Gasteiger partial charge in [0.2, 0.25) is 22.7 Å². The molecule has 3 rings (SSSR count). The summed E-state index contributed by atoms with van der Waals surface area (Å²) in [5.74, 6) is 0.546. The molecule has 2 aromatic rings. The number of benzene rings is 2. The highest BCUT2D eigenvalue weighted by Crippen LogP contribution is 2.34. The zero-order valence-electron chi connectivity index (χ0n) is 14.4. The van der Waals surface area contributed by atoms with Crippen LogP contribution in [0.15, 0.2) is 36.4 Å². The number of halogens is 2. The predicted octanol–water partition coefficient (Wildman–Crippen LogP) is 3.52. The minimum Gasteiger partial charge on any atom is -0.454 e.